The lowest BCUT2D eigenvalue weighted by Crippen LogP contribution is -2.22. The molecule has 3 nitrogen and oxygen atoms in total. The molecular formula is C19H20ClNO2. The molecule has 1 aliphatic rings. The number of rotatable bonds is 4. The van der Waals surface area contributed by atoms with E-state index in [0.717, 1.165) is 29.4 Å². The van der Waals surface area contributed by atoms with Crippen LogP contribution in [0.2, 0.25) is 5.02 Å². The Labute approximate surface area is 141 Å². The van der Waals surface area contributed by atoms with Gasteiger partial charge in [-0.1, -0.05) is 23.7 Å². The fourth-order valence-electron chi connectivity index (χ4n) is 3.28. The van der Waals surface area contributed by atoms with Gasteiger partial charge in [0.25, 0.3) is 0 Å². The molecular weight excluding hydrogens is 310 g/mol. The van der Waals surface area contributed by atoms with Gasteiger partial charge in [-0.25, -0.2) is 0 Å². The minimum atomic E-state index is -0.0328. The quantitative estimate of drug-likeness (QED) is 0.797. The van der Waals surface area contributed by atoms with E-state index in [1.54, 1.807) is 7.11 Å². The van der Waals surface area contributed by atoms with Crippen molar-refractivity contribution in [1.82, 2.24) is 4.90 Å². The van der Waals surface area contributed by atoms with Crippen LogP contribution in [0.25, 0.3) is 0 Å². The molecule has 1 fully saturated rings. The van der Waals surface area contributed by atoms with Crippen LogP contribution in [0, 0.1) is 5.92 Å². The maximum Gasteiger partial charge on any atom is 0.167 e. The van der Waals surface area contributed by atoms with E-state index in [4.69, 9.17) is 16.3 Å². The lowest BCUT2D eigenvalue weighted by Gasteiger charge is -2.18. The first-order valence-corrected chi connectivity index (χ1v) is 8.08. The lowest BCUT2D eigenvalue weighted by molar-refractivity contribution is 0.0915. The summed E-state index contributed by atoms with van der Waals surface area (Å²) in [5.41, 5.74) is 1.91. The number of hydrogen-bond donors (Lipinski definition) is 0. The van der Waals surface area contributed by atoms with Crippen LogP contribution in [-0.2, 0) is 0 Å². The summed E-state index contributed by atoms with van der Waals surface area (Å²) in [6.07, 6.45) is 0. The van der Waals surface area contributed by atoms with Crippen molar-refractivity contribution >= 4 is 17.4 Å². The Morgan fingerprint density at radius 1 is 1.09 bits per heavy atom. The second-order valence-electron chi connectivity index (χ2n) is 6.08. The van der Waals surface area contributed by atoms with Gasteiger partial charge in [0.15, 0.2) is 5.78 Å². The molecule has 23 heavy (non-hydrogen) atoms. The fraction of sp³-hybridized carbons (Fsp3) is 0.316. The Balaban J connectivity index is 1.86. The van der Waals surface area contributed by atoms with E-state index in [1.807, 2.05) is 48.5 Å². The van der Waals surface area contributed by atoms with Crippen molar-refractivity contribution in [1.29, 1.82) is 0 Å². The van der Waals surface area contributed by atoms with Crippen LogP contribution in [0.4, 0.5) is 0 Å². The van der Waals surface area contributed by atoms with Gasteiger partial charge < -0.3 is 9.64 Å². The number of likely N-dealkylation sites (tertiary alicyclic amines) is 1. The summed E-state index contributed by atoms with van der Waals surface area (Å²) in [5.74, 6) is 1.12. The van der Waals surface area contributed by atoms with Gasteiger partial charge in [-0.15, -0.1) is 0 Å². The van der Waals surface area contributed by atoms with Crippen molar-refractivity contribution in [2.24, 2.45) is 5.92 Å². The summed E-state index contributed by atoms with van der Waals surface area (Å²) in [7, 11) is 3.68. The van der Waals surface area contributed by atoms with E-state index in [0.29, 0.717) is 0 Å². The first-order chi connectivity index (χ1) is 11.1. The van der Waals surface area contributed by atoms with Gasteiger partial charge in [0.2, 0.25) is 0 Å². The number of nitrogens with zero attached hydrogens (tertiary/aromatic N) is 1. The predicted octanol–water partition coefficient (Wildman–Crippen LogP) is 3.88. The number of ether oxygens (including phenoxy) is 1. The highest BCUT2D eigenvalue weighted by atomic mass is 35.5. The SMILES string of the molecule is COc1ccc(C(=O)[C@H]2CN(C)C[C@H]2c2ccc(Cl)cc2)cc1. The molecule has 1 saturated heterocycles. The van der Waals surface area contributed by atoms with E-state index < -0.39 is 0 Å². The predicted molar refractivity (Wildman–Crippen MR) is 92.5 cm³/mol. The molecule has 120 valence electrons. The van der Waals surface area contributed by atoms with Crippen LogP contribution < -0.4 is 4.74 Å². The van der Waals surface area contributed by atoms with Crippen LogP contribution in [0.15, 0.2) is 48.5 Å². The molecule has 0 bridgehead atoms. The molecule has 0 radical (unpaired) electrons. The molecule has 2 aromatic carbocycles. The third-order valence-corrected chi connectivity index (χ3v) is 4.76. The topological polar surface area (TPSA) is 29.5 Å². The van der Waals surface area contributed by atoms with Gasteiger partial charge >= 0.3 is 0 Å². The highest BCUT2D eigenvalue weighted by Crippen LogP contribution is 2.34. The maximum atomic E-state index is 12.9. The van der Waals surface area contributed by atoms with E-state index in [-0.39, 0.29) is 17.6 Å². The highest BCUT2D eigenvalue weighted by molar-refractivity contribution is 6.30. The first-order valence-electron chi connectivity index (χ1n) is 7.71. The Morgan fingerprint density at radius 3 is 2.35 bits per heavy atom. The smallest absolute Gasteiger partial charge is 0.167 e. The molecule has 2 atom stereocenters. The molecule has 0 saturated carbocycles. The van der Waals surface area contributed by atoms with Gasteiger partial charge in [0.1, 0.15) is 5.75 Å². The largest absolute Gasteiger partial charge is 0.497 e. The normalized spacial score (nSPS) is 21.3. The van der Waals surface area contributed by atoms with Crippen LogP contribution in [0.3, 0.4) is 0 Å². The fourth-order valence-corrected chi connectivity index (χ4v) is 3.41. The lowest BCUT2D eigenvalue weighted by atomic mass is 9.84. The van der Waals surface area contributed by atoms with Crippen molar-refractivity contribution in [3.63, 3.8) is 0 Å². The summed E-state index contributed by atoms with van der Waals surface area (Å²) in [6.45, 7) is 1.66. The van der Waals surface area contributed by atoms with Crippen LogP contribution in [-0.4, -0.2) is 37.9 Å². The summed E-state index contributed by atoms with van der Waals surface area (Å²) in [6, 6.07) is 15.2. The zero-order valence-electron chi connectivity index (χ0n) is 13.3. The van der Waals surface area contributed by atoms with Crippen molar-refractivity contribution in [2.75, 3.05) is 27.2 Å². The van der Waals surface area contributed by atoms with E-state index >= 15 is 0 Å². The van der Waals surface area contributed by atoms with Gasteiger partial charge in [-0.3, -0.25) is 4.79 Å². The Morgan fingerprint density at radius 2 is 1.74 bits per heavy atom. The molecule has 0 aromatic heterocycles. The summed E-state index contributed by atoms with van der Waals surface area (Å²) in [4.78, 5) is 15.2. The van der Waals surface area contributed by atoms with Crippen molar-refractivity contribution in [3.8, 4) is 5.75 Å². The zero-order valence-corrected chi connectivity index (χ0v) is 14.1. The third-order valence-electron chi connectivity index (χ3n) is 4.51. The van der Waals surface area contributed by atoms with Crippen molar-refractivity contribution in [2.45, 2.75) is 5.92 Å². The molecule has 0 N–H and O–H groups in total. The second kappa shape index (κ2) is 6.73. The number of ketones is 1. The molecule has 0 spiro atoms. The number of hydrogen-bond acceptors (Lipinski definition) is 3. The maximum absolute atomic E-state index is 12.9. The number of carbonyl (C=O) groups excluding carboxylic acids is 1. The first kappa shape index (κ1) is 16.0. The Bertz CT molecular complexity index is 682. The van der Waals surface area contributed by atoms with Gasteiger partial charge in [0.05, 0.1) is 7.11 Å². The van der Waals surface area contributed by atoms with E-state index in [2.05, 4.69) is 11.9 Å². The van der Waals surface area contributed by atoms with Crippen molar-refractivity contribution < 1.29 is 9.53 Å². The Kier molecular flexibility index (Phi) is 4.69. The van der Waals surface area contributed by atoms with Crippen LogP contribution in [0.5, 0.6) is 5.75 Å². The molecule has 0 amide bonds. The number of likely N-dealkylation sites (N-methyl/N-ethyl adjacent to an activating group) is 1. The molecule has 1 aliphatic heterocycles. The van der Waals surface area contributed by atoms with Crippen LogP contribution in [0.1, 0.15) is 21.8 Å². The minimum absolute atomic E-state index is 0.0328. The van der Waals surface area contributed by atoms with E-state index in [9.17, 15) is 4.79 Å². The molecule has 0 unspecified atom stereocenters. The molecule has 3 rings (SSSR count). The van der Waals surface area contributed by atoms with Crippen molar-refractivity contribution in [3.05, 3.63) is 64.7 Å². The number of Topliss-reactive ketones (excluding diaryl/α,β-unsaturated/α-hetero) is 1. The number of benzene rings is 2. The monoisotopic (exact) mass is 329 g/mol. The average molecular weight is 330 g/mol. The standard InChI is InChI=1S/C19H20ClNO2/c1-21-11-17(13-3-7-15(20)8-4-13)18(12-21)19(22)14-5-9-16(23-2)10-6-14/h3-10,17-18H,11-12H2,1-2H3/t17-,18-/m0/s1. The average Bonchev–Trinajstić information content (AvgIpc) is 2.97. The summed E-state index contributed by atoms with van der Waals surface area (Å²) in [5, 5.41) is 0.720. The third kappa shape index (κ3) is 3.41. The second-order valence-corrected chi connectivity index (χ2v) is 6.51. The number of halogens is 1. The number of carbonyl (C=O) groups is 1. The van der Waals surface area contributed by atoms with Gasteiger partial charge in [0, 0.05) is 35.5 Å². The number of methoxy groups -OCH3 is 1. The Hall–Kier alpha value is -1.84. The minimum Gasteiger partial charge on any atom is -0.497 e. The molecule has 1 heterocycles. The molecule has 2 aromatic rings. The molecule has 0 aliphatic carbocycles. The zero-order chi connectivity index (χ0) is 16.4. The van der Waals surface area contributed by atoms with Gasteiger partial charge in [-0.05, 0) is 49.0 Å². The van der Waals surface area contributed by atoms with E-state index in [1.165, 1.54) is 5.56 Å². The summed E-state index contributed by atoms with van der Waals surface area (Å²) < 4.78 is 5.16. The summed E-state index contributed by atoms with van der Waals surface area (Å²) >= 11 is 5.98. The highest BCUT2D eigenvalue weighted by Gasteiger charge is 2.37. The molecule has 4 heteroatoms. The van der Waals surface area contributed by atoms with Gasteiger partial charge in [-0.2, -0.15) is 0 Å². The van der Waals surface area contributed by atoms with Crippen LogP contribution >= 0.6 is 11.6 Å².